The molecule has 0 bridgehead atoms. The molecule has 0 radical (unpaired) electrons. The van der Waals surface area contributed by atoms with Gasteiger partial charge in [0.05, 0.1) is 12.6 Å². The fraction of sp³-hybridized carbons (Fsp3) is 0.600. The zero-order valence-corrected chi connectivity index (χ0v) is 12.4. The number of hydrogen-bond donors (Lipinski definition) is 1. The van der Waals surface area contributed by atoms with Gasteiger partial charge in [0.2, 0.25) is 0 Å². The SMILES string of the molecule is CCCNC(COCCC)c1ccc(Cl)c(C)c1. The first-order valence-electron chi connectivity index (χ1n) is 6.76. The number of benzene rings is 1. The number of rotatable bonds is 8. The number of ether oxygens (including phenoxy) is 1. The molecule has 1 rings (SSSR count). The van der Waals surface area contributed by atoms with E-state index in [-0.39, 0.29) is 6.04 Å². The molecule has 0 saturated heterocycles. The van der Waals surface area contributed by atoms with Crippen LogP contribution in [-0.2, 0) is 4.74 Å². The lowest BCUT2D eigenvalue weighted by atomic mass is 10.0. The smallest absolute Gasteiger partial charge is 0.0661 e. The highest BCUT2D eigenvalue weighted by Crippen LogP contribution is 2.21. The van der Waals surface area contributed by atoms with Crippen LogP contribution in [0.25, 0.3) is 0 Å². The van der Waals surface area contributed by atoms with Crippen LogP contribution in [0.5, 0.6) is 0 Å². The Morgan fingerprint density at radius 3 is 2.67 bits per heavy atom. The molecule has 1 aromatic carbocycles. The molecule has 3 heteroatoms. The molecule has 0 heterocycles. The molecule has 1 unspecified atom stereocenters. The molecule has 0 amide bonds. The lowest BCUT2D eigenvalue weighted by Gasteiger charge is -2.19. The maximum atomic E-state index is 6.06. The third kappa shape index (κ3) is 4.97. The maximum Gasteiger partial charge on any atom is 0.0661 e. The Kier molecular flexibility index (Phi) is 7.33. The molecule has 1 N–H and O–H groups in total. The summed E-state index contributed by atoms with van der Waals surface area (Å²) in [5, 5.41) is 4.34. The van der Waals surface area contributed by atoms with E-state index < -0.39 is 0 Å². The van der Waals surface area contributed by atoms with Crippen molar-refractivity contribution in [2.45, 2.75) is 39.7 Å². The number of nitrogens with one attached hydrogen (secondary N) is 1. The molecule has 102 valence electrons. The van der Waals surface area contributed by atoms with Crippen molar-refractivity contribution in [2.75, 3.05) is 19.8 Å². The Hall–Kier alpha value is -0.570. The quantitative estimate of drug-likeness (QED) is 0.717. The molecular formula is C15H24ClNO. The molecule has 18 heavy (non-hydrogen) atoms. The molecule has 0 aliphatic heterocycles. The molecule has 0 fully saturated rings. The van der Waals surface area contributed by atoms with Crippen molar-refractivity contribution >= 4 is 11.6 Å². The number of aryl methyl sites for hydroxylation is 1. The second-order valence-electron chi connectivity index (χ2n) is 4.59. The Morgan fingerprint density at radius 2 is 2.06 bits per heavy atom. The average molecular weight is 270 g/mol. The molecular weight excluding hydrogens is 246 g/mol. The van der Waals surface area contributed by atoms with Gasteiger partial charge in [0.1, 0.15) is 0 Å². The van der Waals surface area contributed by atoms with E-state index in [9.17, 15) is 0 Å². The van der Waals surface area contributed by atoms with Crippen LogP contribution in [0.4, 0.5) is 0 Å². The minimum Gasteiger partial charge on any atom is -0.379 e. The number of halogens is 1. The van der Waals surface area contributed by atoms with Crippen LogP contribution >= 0.6 is 11.6 Å². The highest BCUT2D eigenvalue weighted by atomic mass is 35.5. The van der Waals surface area contributed by atoms with Gasteiger partial charge in [-0.25, -0.2) is 0 Å². The molecule has 1 aromatic rings. The summed E-state index contributed by atoms with van der Waals surface area (Å²) < 4.78 is 5.67. The first kappa shape index (κ1) is 15.5. The molecule has 0 saturated carbocycles. The summed E-state index contributed by atoms with van der Waals surface area (Å²) in [4.78, 5) is 0. The minimum atomic E-state index is 0.257. The van der Waals surface area contributed by atoms with Crippen molar-refractivity contribution in [3.8, 4) is 0 Å². The summed E-state index contributed by atoms with van der Waals surface area (Å²) in [6, 6.07) is 6.45. The second kappa shape index (κ2) is 8.52. The summed E-state index contributed by atoms with van der Waals surface area (Å²) in [6.07, 6.45) is 2.18. The van der Waals surface area contributed by atoms with Crippen molar-refractivity contribution in [2.24, 2.45) is 0 Å². The standard InChI is InChI=1S/C15H24ClNO/c1-4-8-17-15(11-18-9-5-2)13-6-7-14(16)12(3)10-13/h6-7,10,15,17H,4-5,8-9,11H2,1-3H3. The fourth-order valence-corrected chi connectivity index (χ4v) is 1.94. The van der Waals surface area contributed by atoms with Crippen LogP contribution in [0.1, 0.15) is 43.9 Å². The van der Waals surface area contributed by atoms with E-state index in [2.05, 4.69) is 31.3 Å². The lowest BCUT2D eigenvalue weighted by Crippen LogP contribution is -2.26. The first-order valence-corrected chi connectivity index (χ1v) is 7.14. The van der Waals surface area contributed by atoms with Gasteiger partial charge in [0, 0.05) is 11.6 Å². The van der Waals surface area contributed by atoms with E-state index >= 15 is 0 Å². The van der Waals surface area contributed by atoms with Crippen molar-refractivity contribution in [1.29, 1.82) is 0 Å². The van der Waals surface area contributed by atoms with E-state index in [1.54, 1.807) is 0 Å². The summed E-state index contributed by atoms with van der Waals surface area (Å²) in [5.41, 5.74) is 2.37. The average Bonchev–Trinajstić information content (AvgIpc) is 2.37. The van der Waals surface area contributed by atoms with Crippen LogP contribution in [0.15, 0.2) is 18.2 Å². The lowest BCUT2D eigenvalue weighted by molar-refractivity contribution is 0.112. The van der Waals surface area contributed by atoms with Crippen LogP contribution < -0.4 is 5.32 Å². The van der Waals surface area contributed by atoms with Gasteiger partial charge < -0.3 is 10.1 Å². The van der Waals surface area contributed by atoms with Gasteiger partial charge in [-0.1, -0.05) is 37.6 Å². The van der Waals surface area contributed by atoms with Crippen molar-refractivity contribution in [3.63, 3.8) is 0 Å². The van der Waals surface area contributed by atoms with Crippen molar-refractivity contribution in [3.05, 3.63) is 34.3 Å². The Morgan fingerprint density at radius 1 is 1.28 bits per heavy atom. The highest BCUT2D eigenvalue weighted by Gasteiger charge is 2.11. The van der Waals surface area contributed by atoms with Crippen LogP contribution in [-0.4, -0.2) is 19.8 Å². The van der Waals surface area contributed by atoms with Crippen molar-refractivity contribution < 1.29 is 4.74 Å². The summed E-state index contributed by atoms with van der Waals surface area (Å²) in [5.74, 6) is 0. The van der Waals surface area contributed by atoms with Crippen LogP contribution in [0.3, 0.4) is 0 Å². The summed E-state index contributed by atoms with van der Waals surface area (Å²) >= 11 is 6.06. The molecule has 1 atom stereocenters. The van der Waals surface area contributed by atoms with E-state index in [1.807, 2.05) is 13.0 Å². The number of hydrogen-bond acceptors (Lipinski definition) is 2. The van der Waals surface area contributed by atoms with Crippen LogP contribution in [0.2, 0.25) is 5.02 Å². The van der Waals surface area contributed by atoms with Gasteiger partial charge in [-0.3, -0.25) is 0 Å². The van der Waals surface area contributed by atoms with E-state index in [0.717, 1.165) is 43.2 Å². The summed E-state index contributed by atoms with van der Waals surface area (Å²) in [7, 11) is 0. The van der Waals surface area contributed by atoms with Gasteiger partial charge >= 0.3 is 0 Å². The fourth-order valence-electron chi connectivity index (χ4n) is 1.82. The molecule has 0 aliphatic rings. The maximum absolute atomic E-state index is 6.06. The molecule has 0 aliphatic carbocycles. The first-order chi connectivity index (χ1) is 8.69. The van der Waals surface area contributed by atoms with Gasteiger partial charge in [0.25, 0.3) is 0 Å². The van der Waals surface area contributed by atoms with E-state index in [1.165, 1.54) is 5.56 Å². The molecule has 0 spiro atoms. The van der Waals surface area contributed by atoms with Crippen LogP contribution in [0, 0.1) is 6.92 Å². The van der Waals surface area contributed by atoms with E-state index in [0.29, 0.717) is 0 Å². The van der Waals surface area contributed by atoms with E-state index in [4.69, 9.17) is 16.3 Å². The minimum absolute atomic E-state index is 0.257. The zero-order chi connectivity index (χ0) is 13.4. The predicted octanol–water partition coefficient (Wildman–Crippen LogP) is 4.12. The zero-order valence-electron chi connectivity index (χ0n) is 11.6. The summed E-state index contributed by atoms with van der Waals surface area (Å²) in [6.45, 7) is 8.87. The Labute approximate surface area is 116 Å². The Balaban J connectivity index is 2.70. The molecule has 2 nitrogen and oxygen atoms in total. The van der Waals surface area contributed by atoms with Gasteiger partial charge in [0.15, 0.2) is 0 Å². The normalized spacial score (nSPS) is 12.7. The second-order valence-corrected chi connectivity index (χ2v) is 5.00. The monoisotopic (exact) mass is 269 g/mol. The third-order valence-electron chi connectivity index (χ3n) is 2.86. The third-order valence-corrected chi connectivity index (χ3v) is 3.28. The largest absolute Gasteiger partial charge is 0.379 e. The van der Waals surface area contributed by atoms with Crippen molar-refractivity contribution in [1.82, 2.24) is 5.32 Å². The predicted molar refractivity (Wildman–Crippen MR) is 78.3 cm³/mol. The topological polar surface area (TPSA) is 21.3 Å². The Bertz CT molecular complexity index is 354. The van der Waals surface area contributed by atoms with Gasteiger partial charge in [-0.15, -0.1) is 0 Å². The van der Waals surface area contributed by atoms with Gasteiger partial charge in [-0.2, -0.15) is 0 Å². The van der Waals surface area contributed by atoms with Gasteiger partial charge in [-0.05, 0) is 43.5 Å². The highest BCUT2D eigenvalue weighted by molar-refractivity contribution is 6.31. The molecule has 0 aromatic heterocycles.